The number of rotatable bonds is 4. The van der Waals surface area contributed by atoms with E-state index in [1.54, 1.807) is 6.92 Å². The van der Waals surface area contributed by atoms with Crippen LogP contribution in [0.15, 0.2) is 17.5 Å². The lowest BCUT2D eigenvalue weighted by Crippen LogP contribution is -2.44. The van der Waals surface area contributed by atoms with E-state index >= 15 is 0 Å². The molecule has 0 aliphatic carbocycles. The van der Waals surface area contributed by atoms with Crippen molar-refractivity contribution in [2.24, 2.45) is 5.41 Å². The summed E-state index contributed by atoms with van der Waals surface area (Å²) < 4.78 is 5.23. The Kier molecular flexibility index (Phi) is 4.83. The number of Topliss-reactive ketones (excluding diaryl/α,β-unsaturated/α-hetero) is 2. The van der Waals surface area contributed by atoms with Crippen LogP contribution in [0.1, 0.15) is 25.6 Å². The molecule has 0 aliphatic rings. The molecule has 1 atom stereocenters. The fourth-order valence-electron chi connectivity index (χ4n) is 1.54. The summed E-state index contributed by atoms with van der Waals surface area (Å²) in [5.74, 6) is 5.33. The molecule has 0 amide bonds. The van der Waals surface area contributed by atoms with Crippen molar-refractivity contribution in [1.29, 1.82) is 0 Å². The van der Waals surface area contributed by atoms with E-state index in [1.165, 1.54) is 32.3 Å². The van der Waals surface area contributed by atoms with Crippen molar-refractivity contribution >= 4 is 22.9 Å². The lowest BCUT2D eigenvalue weighted by molar-refractivity contribution is -0.143. The van der Waals surface area contributed by atoms with Crippen molar-refractivity contribution in [3.8, 4) is 11.8 Å². The molecule has 0 radical (unpaired) electrons. The molecule has 0 bridgehead atoms. The summed E-state index contributed by atoms with van der Waals surface area (Å²) in [6, 6.07) is 3.77. The Balaban J connectivity index is 3.08. The van der Waals surface area contributed by atoms with Gasteiger partial charge in [0.05, 0.1) is 4.88 Å². The molecule has 0 spiro atoms. The molecular formula is C14H16O3S. The lowest BCUT2D eigenvalue weighted by Gasteiger charge is -2.28. The van der Waals surface area contributed by atoms with Gasteiger partial charge < -0.3 is 4.74 Å². The molecule has 4 heteroatoms. The van der Waals surface area contributed by atoms with E-state index in [4.69, 9.17) is 4.74 Å². The summed E-state index contributed by atoms with van der Waals surface area (Å²) >= 11 is 1.50. The van der Waals surface area contributed by atoms with Crippen LogP contribution in [-0.2, 0) is 14.3 Å². The lowest BCUT2D eigenvalue weighted by atomic mass is 9.77. The molecule has 0 aliphatic heterocycles. The summed E-state index contributed by atoms with van der Waals surface area (Å²) in [6.07, 6.45) is -0.727. The number of thiophene rings is 1. The monoisotopic (exact) mass is 264 g/mol. The van der Waals surface area contributed by atoms with Crippen LogP contribution in [0.2, 0.25) is 0 Å². The van der Waals surface area contributed by atoms with Gasteiger partial charge in [0.1, 0.15) is 23.1 Å². The maximum Gasteiger partial charge on any atom is 0.146 e. The number of ketones is 2. The standard InChI is InChI=1S/C14H16O3S/c1-10(15)14(3,11(2)16)13(17-4)8-7-12-6-5-9-18-12/h5-6,9,13H,1-4H3. The Morgan fingerprint density at radius 3 is 2.39 bits per heavy atom. The minimum Gasteiger partial charge on any atom is -0.367 e. The molecule has 0 aromatic carbocycles. The Morgan fingerprint density at radius 2 is 2.00 bits per heavy atom. The summed E-state index contributed by atoms with van der Waals surface area (Å²) in [6.45, 7) is 4.36. The van der Waals surface area contributed by atoms with Crippen LogP contribution in [0.3, 0.4) is 0 Å². The predicted octanol–water partition coefficient (Wildman–Crippen LogP) is 2.30. The Hall–Kier alpha value is -1.44. The Morgan fingerprint density at radius 1 is 1.39 bits per heavy atom. The largest absolute Gasteiger partial charge is 0.367 e. The van der Waals surface area contributed by atoms with Crippen molar-refractivity contribution in [1.82, 2.24) is 0 Å². The van der Waals surface area contributed by atoms with Gasteiger partial charge in [-0.05, 0) is 32.2 Å². The molecular weight excluding hydrogens is 248 g/mol. The van der Waals surface area contributed by atoms with E-state index in [2.05, 4.69) is 11.8 Å². The van der Waals surface area contributed by atoms with E-state index in [-0.39, 0.29) is 11.6 Å². The second kappa shape index (κ2) is 5.94. The van der Waals surface area contributed by atoms with Crippen LogP contribution in [0, 0.1) is 17.3 Å². The Labute approximate surface area is 111 Å². The van der Waals surface area contributed by atoms with E-state index in [0.29, 0.717) is 0 Å². The summed E-state index contributed by atoms with van der Waals surface area (Å²) in [4.78, 5) is 24.3. The Bertz CT molecular complexity index is 477. The van der Waals surface area contributed by atoms with E-state index in [9.17, 15) is 9.59 Å². The van der Waals surface area contributed by atoms with Crippen molar-refractivity contribution < 1.29 is 14.3 Å². The molecule has 1 unspecified atom stereocenters. The first-order valence-electron chi connectivity index (χ1n) is 5.52. The van der Waals surface area contributed by atoms with Gasteiger partial charge in [-0.1, -0.05) is 17.9 Å². The molecule has 1 heterocycles. The molecule has 0 saturated carbocycles. The summed E-state index contributed by atoms with van der Waals surface area (Å²) in [7, 11) is 1.46. The van der Waals surface area contributed by atoms with Crippen LogP contribution in [0.4, 0.5) is 0 Å². The van der Waals surface area contributed by atoms with E-state index in [1.807, 2.05) is 17.5 Å². The second-order valence-corrected chi connectivity index (χ2v) is 5.12. The third-order valence-corrected chi connectivity index (χ3v) is 3.86. The maximum absolute atomic E-state index is 11.7. The van der Waals surface area contributed by atoms with Gasteiger partial charge in [-0.15, -0.1) is 11.3 Å². The van der Waals surface area contributed by atoms with Gasteiger partial charge in [0, 0.05) is 7.11 Å². The van der Waals surface area contributed by atoms with Crippen molar-refractivity contribution in [2.75, 3.05) is 7.11 Å². The highest BCUT2D eigenvalue weighted by Crippen LogP contribution is 2.26. The van der Waals surface area contributed by atoms with Crippen molar-refractivity contribution in [3.63, 3.8) is 0 Å². The molecule has 18 heavy (non-hydrogen) atoms. The summed E-state index contributed by atoms with van der Waals surface area (Å²) in [5, 5.41) is 1.92. The number of hydrogen-bond donors (Lipinski definition) is 0. The van der Waals surface area contributed by atoms with E-state index < -0.39 is 11.5 Å². The molecule has 0 N–H and O–H groups in total. The zero-order valence-corrected chi connectivity index (χ0v) is 11.8. The van der Waals surface area contributed by atoms with Crippen molar-refractivity contribution in [3.05, 3.63) is 22.4 Å². The van der Waals surface area contributed by atoms with Crippen LogP contribution < -0.4 is 0 Å². The van der Waals surface area contributed by atoms with Gasteiger partial charge >= 0.3 is 0 Å². The highest BCUT2D eigenvalue weighted by molar-refractivity contribution is 7.10. The SMILES string of the molecule is COC(C#Cc1cccs1)C(C)(C(C)=O)C(C)=O. The third-order valence-electron chi connectivity index (χ3n) is 3.07. The van der Waals surface area contributed by atoms with Crippen LogP contribution >= 0.6 is 11.3 Å². The maximum atomic E-state index is 11.7. The van der Waals surface area contributed by atoms with Gasteiger partial charge in [0.25, 0.3) is 0 Å². The predicted molar refractivity (Wildman–Crippen MR) is 71.5 cm³/mol. The molecule has 0 saturated heterocycles. The highest BCUT2D eigenvalue weighted by atomic mass is 32.1. The minimum absolute atomic E-state index is 0.234. The second-order valence-electron chi connectivity index (χ2n) is 4.18. The van der Waals surface area contributed by atoms with Gasteiger partial charge in [-0.3, -0.25) is 9.59 Å². The topological polar surface area (TPSA) is 43.4 Å². The number of methoxy groups -OCH3 is 1. The van der Waals surface area contributed by atoms with Gasteiger partial charge in [0.15, 0.2) is 0 Å². The smallest absolute Gasteiger partial charge is 0.146 e. The van der Waals surface area contributed by atoms with Gasteiger partial charge in [-0.2, -0.15) is 0 Å². The quantitative estimate of drug-likeness (QED) is 0.619. The van der Waals surface area contributed by atoms with Gasteiger partial charge in [-0.25, -0.2) is 0 Å². The molecule has 1 rings (SSSR count). The minimum atomic E-state index is -1.21. The number of ether oxygens (including phenoxy) is 1. The van der Waals surface area contributed by atoms with E-state index in [0.717, 1.165) is 4.88 Å². The van der Waals surface area contributed by atoms with Crippen LogP contribution in [0.25, 0.3) is 0 Å². The van der Waals surface area contributed by atoms with Gasteiger partial charge in [0.2, 0.25) is 0 Å². The van der Waals surface area contributed by atoms with Crippen LogP contribution in [-0.4, -0.2) is 24.8 Å². The highest BCUT2D eigenvalue weighted by Gasteiger charge is 2.43. The molecule has 1 aromatic heterocycles. The zero-order valence-electron chi connectivity index (χ0n) is 10.9. The van der Waals surface area contributed by atoms with Crippen LogP contribution in [0.5, 0.6) is 0 Å². The molecule has 0 fully saturated rings. The normalized spacial score (nSPS) is 12.4. The molecule has 96 valence electrons. The fourth-order valence-corrected chi connectivity index (χ4v) is 2.12. The number of hydrogen-bond acceptors (Lipinski definition) is 4. The average Bonchev–Trinajstić information content (AvgIpc) is 2.81. The first-order chi connectivity index (χ1) is 8.42. The average molecular weight is 264 g/mol. The third kappa shape index (κ3) is 2.87. The first-order valence-corrected chi connectivity index (χ1v) is 6.40. The van der Waals surface area contributed by atoms with Crippen molar-refractivity contribution in [2.45, 2.75) is 26.9 Å². The first kappa shape index (κ1) is 14.6. The number of carbonyl (C=O) groups is 2. The molecule has 1 aromatic rings. The molecule has 3 nitrogen and oxygen atoms in total. The zero-order chi connectivity index (χ0) is 13.8. The fraction of sp³-hybridized carbons (Fsp3) is 0.429. The summed E-state index contributed by atoms with van der Waals surface area (Å²) in [5.41, 5.74) is -1.21. The number of carbonyl (C=O) groups excluding carboxylic acids is 2.